The molecule has 5 aromatic rings. The number of anilines is 1. The van der Waals surface area contributed by atoms with Gasteiger partial charge in [-0.1, -0.05) is 63.7 Å². The number of nitrogens with one attached hydrogen (secondary N) is 2. The second-order valence-electron chi connectivity index (χ2n) is 7.28. The number of hydrogen-bond donors (Lipinski definition) is 2. The number of thioether (sulfide) groups is 2. The number of aromatic amines is 1. The lowest BCUT2D eigenvalue weighted by Crippen LogP contribution is -2.13. The molecule has 0 aliphatic carbocycles. The minimum Gasteiger partial charge on any atom is -0.333 e. The number of carbonyl (C=O) groups excluding carboxylic acids is 2. The van der Waals surface area contributed by atoms with E-state index in [1.54, 1.807) is 0 Å². The van der Waals surface area contributed by atoms with Gasteiger partial charge < -0.3 is 10.3 Å². The van der Waals surface area contributed by atoms with Crippen LogP contribution in [-0.2, 0) is 4.79 Å². The van der Waals surface area contributed by atoms with Crippen molar-refractivity contribution in [3.63, 3.8) is 0 Å². The highest BCUT2D eigenvalue weighted by molar-refractivity contribution is 9.10. The average Bonchev–Trinajstić information content (AvgIpc) is 3.44. The molecule has 2 N–H and O–H groups in total. The van der Waals surface area contributed by atoms with Gasteiger partial charge in [-0.2, -0.15) is 0 Å². The van der Waals surface area contributed by atoms with Crippen LogP contribution < -0.4 is 5.32 Å². The molecule has 0 aliphatic rings. The minimum absolute atomic E-state index is 0.0617. The van der Waals surface area contributed by atoms with Crippen LogP contribution in [0.15, 0.2) is 80.7 Å². The molecule has 0 fully saturated rings. The normalized spacial score (nSPS) is 11.2. The van der Waals surface area contributed by atoms with Crippen LogP contribution in [0.5, 0.6) is 0 Å². The Morgan fingerprint density at radius 3 is 2.59 bits per heavy atom. The molecule has 0 saturated carbocycles. The van der Waals surface area contributed by atoms with Gasteiger partial charge in [0.25, 0.3) is 0 Å². The van der Waals surface area contributed by atoms with Crippen LogP contribution in [0.25, 0.3) is 21.3 Å². The van der Waals surface area contributed by atoms with E-state index in [-0.39, 0.29) is 17.4 Å². The summed E-state index contributed by atoms with van der Waals surface area (Å²) in [7, 11) is 0. The van der Waals surface area contributed by atoms with E-state index < -0.39 is 0 Å². The van der Waals surface area contributed by atoms with E-state index in [1.807, 2.05) is 66.7 Å². The number of rotatable bonds is 8. The molecule has 0 spiro atoms. The zero-order valence-electron chi connectivity index (χ0n) is 17.6. The van der Waals surface area contributed by atoms with Gasteiger partial charge in [0.15, 0.2) is 15.3 Å². The molecule has 0 bridgehead atoms. The van der Waals surface area contributed by atoms with E-state index >= 15 is 0 Å². The van der Waals surface area contributed by atoms with Crippen molar-refractivity contribution in [3.8, 4) is 0 Å². The van der Waals surface area contributed by atoms with Crippen LogP contribution in [0.3, 0.4) is 0 Å². The van der Waals surface area contributed by atoms with Gasteiger partial charge in [-0.3, -0.25) is 9.59 Å². The second-order valence-corrected chi connectivity index (χ2v) is 11.4. The molecule has 0 saturated heterocycles. The third-order valence-corrected chi connectivity index (χ3v) is 8.42. The van der Waals surface area contributed by atoms with E-state index in [1.165, 1.54) is 34.9 Å². The monoisotopic (exact) mass is 568 g/mol. The largest absolute Gasteiger partial charge is 0.333 e. The maximum Gasteiger partial charge on any atom is 0.234 e. The van der Waals surface area contributed by atoms with Crippen molar-refractivity contribution in [1.82, 2.24) is 15.0 Å². The number of carbonyl (C=O) groups is 2. The summed E-state index contributed by atoms with van der Waals surface area (Å²) in [5, 5.41) is 3.65. The van der Waals surface area contributed by atoms with Gasteiger partial charge in [0.2, 0.25) is 5.91 Å². The number of nitrogens with zero attached hydrogens (tertiary/aromatic N) is 2. The van der Waals surface area contributed by atoms with Crippen molar-refractivity contribution >= 4 is 89.4 Å². The highest BCUT2D eigenvalue weighted by Gasteiger charge is 2.12. The SMILES string of the molecule is O=C(CSc1nc2ccccc2[nH]1)Nc1ccc2nc(SCC(=O)c3ccc(Br)cc3)sc2c1. The predicted molar refractivity (Wildman–Crippen MR) is 144 cm³/mol. The fourth-order valence-electron chi connectivity index (χ4n) is 3.22. The van der Waals surface area contributed by atoms with Gasteiger partial charge in [0, 0.05) is 15.7 Å². The van der Waals surface area contributed by atoms with Crippen LogP contribution in [-0.4, -0.2) is 38.1 Å². The van der Waals surface area contributed by atoms with Gasteiger partial charge >= 0.3 is 0 Å². The Morgan fingerprint density at radius 1 is 0.941 bits per heavy atom. The summed E-state index contributed by atoms with van der Waals surface area (Å²) in [4.78, 5) is 37.2. The first kappa shape index (κ1) is 23.1. The number of Topliss-reactive ketones (excluding diaryl/α,β-unsaturated/α-hetero) is 1. The summed E-state index contributed by atoms with van der Waals surface area (Å²) in [6.45, 7) is 0. The standard InChI is InChI=1S/C24H17BrN4O2S3/c25-15-7-5-14(6-8-15)20(30)12-33-24-29-19-10-9-16(11-21(19)34-24)26-22(31)13-32-23-27-17-3-1-2-4-18(17)28-23/h1-11H,12-13H2,(H,26,31)(H,27,28). The van der Waals surface area contributed by atoms with E-state index in [9.17, 15) is 9.59 Å². The number of para-hydroxylation sites is 2. The lowest BCUT2D eigenvalue weighted by molar-refractivity contribution is -0.113. The van der Waals surface area contributed by atoms with Gasteiger partial charge in [-0.25, -0.2) is 9.97 Å². The van der Waals surface area contributed by atoms with Crippen LogP contribution >= 0.6 is 50.8 Å². The summed E-state index contributed by atoms with van der Waals surface area (Å²) in [6.07, 6.45) is 0. The lowest BCUT2D eigenvalue weighted by Gasteiger charge is -2.04. The molecular weight excluding hydrogens is 552 g/mol. The van der Waals surface area contributed by atoms with Crippen molar-refractivity contribution < 1.29 is 9.59 Å². The number of imidazole rings is 1. The Kier molecular flexibility index (Phi) is 7.00. The number of hydrogen-bond acceptors (Lipinski definition) is 7. The first-order valence-electron chi connectivity index (χ1n) is 10.2. The molecule has 34 heavy (non-hydrogen) atoms. The Labute approximate surface area is 216 Å². The number of ketones is 1. The van der Waals surface area contributed by atoms with Crippen LogP contribution in [0.1, 0.15) is 10.4 Å². The molecule has 0 atom stereocenters. The molecule has 6 nitrogen and oxygen atoms in total. The average molecular weight is 570 g/mol. The van der Waals surface area contributed by atoms with Gasteiger partial charge in [-0.15, -0.1) is 11.3 Å². The van der Waals surface area contributed by atoms with Gasteiger partial charge in [0.1, 0.15) is 0 Å². The molecule has 1 amide bonds. The quantitative estimate of drug-likeness (QED) is 0.161. The fourth-order valence-corrected chi connectivity index (χ4v) is 6.17. The lowest BCUT2D eigenvalue weighted by atomic mass is 10.2. The third-order valence-electron chi connectivity index (χ3n) is 4.85. The van der Waals surface area contributed by atoms with E-state index in [2.05, 4.69) is 36.2 Å². The van der Waals surface area contributed by atoms with Crippen molar-refractivity contribution in [2.45, 2.75) is 9.50 Å². The predicted octanol–water partition coefficient (Wildman–Crippen LogP) is 6.64. The van der Waals surface area contributed by atoms with Crippen LogP contribution in [0, 0.1) is 0 Å². The maximum absolute atomic E-state index is 12.4. The number of aromatic nitrogens is 3. The fraction of sp³-hybridized carbons (Fsp3) is 0.0833. The first-order chi connectivity index (χ1) is 16.5. The van der Waals surface area contributed by atoms with Crippen LogP contribution in [0.4, 0.5) is 5.69 Å². The third kappa shape index (κ3) is 5.52. The summed E-state index contributed by atoms with van der Waals surface area (Å²) in [6, 6.07) is 20.8. The van der Waals surface area contributed by atoms with Gasteiger partial charge in [-0.05, 0) is 42.5 Å². The second kappa shape index (κ2) is 10.3. The Balaban J connectivity index is 1.18. The Morgan fingerprint density at radius 2 is 1.76 bits per heavy atom. The Hall–Kier alpha value is -2.66. The van der Waals surface area contributed by atoms with E-state index in [0.29, 0.717) is 22.2 Å². The molecular formula is C24H17BrN4O2S3. The van der Waals surface area contributed by atoms with Crippen molar-refractivity contribution in [2.24, 2.45) is 0 Å². The number of benzene rings is 3. The number of amides is 1. The topological polar surface area (TPSA) is 87.7 Å². The number of thiazole rings is 1. The Bertz CT molecular complexity index is 1460. The minimum atomic E-state index is -0.107. The molecule has 5 rings (SSSR count). The zero-order valence-corrected chi connectivity index (χ0v) is 21.6. The summed E-state index contributed by atoms with van der Waals surface area (Å²) in [5.74, 6) is 0.528. The maximum atomic E-state index is 12.4. The molecule has 2 heterocycles. The molecule has 0 aliphatic heterocycles. The number of halogens is 1. The molecule has 0 unspecified atom stereocenters. The number of fused-ring (bicyclic) bond motifs is 2. The molecule has 3 aromatic carbocycles. The van der Waals surface area contributed by atoms with Gasteiger partial charge in [0.05, 0.1) is 32.8 Å². The van der Waals surface area contributed by atoms with E-state index in [4.69, 9.17) is 0 Å². The number of H-pyrrole nitrogens is 1. The summed E-state index contributed by atoms with van der Waals surface area (Å²) in [5.41, 5.74) is 4.08. The smallest absolute Gasteiger partial charge is 0.234 e. The zero-order chi connectivity index (χ0) is 23.5. The summed E-state index contributed by atoms with van der Waals surface area (Å²) >= 11 is 7.68. The van der Waals surface area contributed by atoms with E-state index in [0.717, 1.165) is 30.1 Å². The first-order valence-corrected chi connectivity index (χ1v) is 13.8. The van der Waals surface area contributed by atoms with Crippen LogP contribution in [0.2, 0.25) is 0 Å². The van der Waals surface area contributed by atoms with Crippen molar-refractivity contribution in [2.75, 3.05) is 16.8 Å². The molecule has 170 valence electrons. The van der Waals surface area contributed by atoms with Crippen molar-refractivity contribution in [3.05, 3.63) is 76.8 Å². The molecule has 0 radical (unpaired) electrons. The highest BCUT2D eigenvalue weighted by atomic mass is 79.9. The molecule has 2 aromatic heterocycles. The molecule has 10 heteroatoms. The van der Waals surface area contributed by atoms with Crippen molar-refractivity contribution in [1.29, 1.82) is 0 Å². The summed E-state index contributed by atoms with van der Waals surface area (Å²) < 4.78 is 2.73. The highest BCUT2D eigenvalue weighted by Crippen LogP contribution is 2.32.